The largest absolute Gasteiger partial charge is 0.482 e. The van der Waals surface area contributed by atoms with Gasteiger partial charge in [-0.1, -0.05) is 13.0 Å². The summed E-state index contributed by atoms with van der Waals surface area (Å²) < 4.78 is 5.32. The Labute approximate surface area is 142 Å². The third kappa shape index (κ3) is 2.35. The lowest BCUT2D eigenvalue weighted by Gasteiger charge is -2.48. The zero-order valence-electron chi connectivity index (χ0n) is 14.1. The van der Waals surface area contributed by atoms with Crippen molar-refractivity contribution in [2.45, 2.75) is 51.4 Å². The van der Waals surface area contributed by atoms with Gasteiger partial charge in [-0.05, 0) is 73.1 Å². The highest BCUT2D eigenvalue weighted by atomic mass is 16.5. The van der Waals surface area contributed by atoms with Gasteiger partial charge in [0.25, 0.3) is 0 Å². The lowest BCUT2D eigenvalue weighted by atomic mass is 9.55. The summed E-state index contributed by atoms with van der Waals surface area (Å²) in [6.07, 6.45) is 6.06. The zero-order valence-corrected chi connectivity index (χ0v) is 14.1. The number of rotatable bonds is 3. The SMILES string of the molecule is C[C@]12CC[C@@H]3c4ccc(OCC(=O)O)cc4CCC3[C@@H]1CCC2=O. The van der Waals surface area contributed by atoms with Crippen molar-refractivity contribution in [1.82, 2.24) is 0 Å². The third-order valence-corrected chi connectivity index (χ3v) is 6.77. The molecule has 128 valence electrons. The van der Waals surface area contributed by atoms with Crippen LogP contribution in [-0.4, -0.2) is 23.5 Å². The minimum atomic E-state index is -0.953. The first kappa shape index (κ1) is 15.7. The van der Waals surface area contributed by atoms with Crippen LogP contribution in [0, 0.1) is 17.3 Å². The van der Waals surface area contributed by atoms with E-state index < -0.39 is 5.97 Å². The predicted molar refractivity (Wildman–Crippen MR) is 89.2 cm³/mol. The first-order chi connectivity index (χ1) is 11.5. The molecule has 1 unspecified atom stereocenters. The quantitative estimate of drug-likeness (QED) is 0.921. The van der Waals surface area contributed by atoms with E-state index in [1.165, 1.54) is 11.1 Å². The Morgan fingerprint density at radius 1 is 1.29 bits per heavy atom. The Morgan fingerprint density at radius 2 is 2.12 bits per heavy atom. The van der Waals surface area contributed by atoms with Crippen LogP contribution in [0.1, 0.15) is 56.1 Å². The van der Waals surface area contributed by atoms with Gasteiger partial charge in [-0.3, -0.25) is 4.79 Å². The van der Waals surface area contributed by atoms with E-state index in [0.29, 0.717) is 29.3 Å². The van der Waals surface area contributed by atoms with Crippen LogP contribution in [0.15, 0.2) is 18.2 Å². The molecular formula is C20H24O4. The highest BCUT2D eigenvalue weighted by Gasteiger charge is 2.54. The number of Topliss-reactive ketones (excluding diaryl/α,β-unsaturated/α-hetero) is 1. The van der Waals surface area contributed by atoms with Crippen LogP contribution in [0.5, 0.6) is 5.75 Å². The average Bonchev–Trinajstić information content (AvgIpc) is 2.88. The van der Waals surface area contributed by atoms with Gasteiger partial charge in [0.1, 0.15) is 11.5 Å². The molecule has 2 fully saturated rings. The number of carbonyl (C=O) groups is 2. The van der Waals surface area contributed by atoms with E-state index in [-0.39, 0.29) is 12.0 Å². The number of benzene rings is 1. The van der Waals surface area contributed by atoms with Gasteiger partial charge in [0.2, 0.25) is 0 Å². The number of carboxylic acids is 1. The molecular weight excluding hydrogens is 304 g/mol. The summed E-state index contributed by atoms with van der Waals surface area (Å²) >= 11 is 0. The number of ether oxygens (including phenoxy) is 1. The maximum atomic E-state index is 12.4. The molecule has 0 spiro atoms. The van der Waals surface area contributed by atoms with Crippen molar-refractivity contribution in [3.8, 4) is 5.75 Å². The van der Waals surface area contributed by atoms with Crippen molar-refractivity contribution in [2.24, 2.45) is 17.3 Å². The maximum absolute atomic E-state index is 12.4. The van der Waals surface area contributed by atoms with Gasteiger partial charge in [-0.25, -0.2) is 4.79 Å². The van der Waals surface area contributed by atoms with E-state index in [0.717, 1.165) is 38.5 Å². The highest BCUT2D eigenvalue weighted by molar-refractivity contribution is 5.87. The second kappa shape index (κ2) is 5.61. The van der Waals surface area contributed by atoms with Gasteiger partial charge < -0.3 is 9.84 Å². The zero-order chi connectivity index (χ0) is 16.9. The molecule has 0 aliphatic heterocycles. The average molecular weight is 328 g/mol. The Balaban J connectivity index is 1.59. The van der Waals surface area contributed by atoms with Crippen LogP contribution in [0.4, 0.5) is 0 Å². The maximum Gasteiger partial charge on any atom is 0.341 e. The van der Waals surface area contributed by atoms with Crippen LogP contribution >= 0.6 is 0 Å². The summed E-state index contributed by atoms with van der Waals surface area (Å²) in [4.78, 5) is 23.0. The summed E-state index contributed by atoms with van der Waals surface area (Å²) in [7, 11) is 0. The van der Waals surface area contributed by atoms with Crippen LogP contribution in [0.25, 0.3) is 0 Å². The van der Waals surface area contributed by atoms with Crippen LogP contribution in [0.3, 0.4) is 0 Å². The number of ketones is 1. The van der Waals surface area contributed by atoms with Crippen molar-refractivity contribution < 1.29 is 19.4 Å². The molecule has 3 aliphatic carbocycles. The lowest BCUT2D eigenvalue weighted by Crippen LogP contribution is -2.42. The van der Waals surface area contributed by atoms with Crippen LogP contribution in [0.2, 0.25) is 0 Å². The second-order valence-corrected chi connectivity index (χ2v) is 7.88. The first-order valence-corrected chi connectivity index (χ1v) is 9.00. The molecule has 0 heterocycles. The fourth-order valence-corrected chi connectivity index (χ4v) is 5.56. The summed E-state index contributed by atoms with van der Waals surface area (Å²) in [5.74, 6) is 1.88. The summed E-state index contributed by atoms with van der Waals surface area (Å²) in [5.41, 5.74) is 2.62. The molecule has 4 rings (SSSR count). The topological polar surface area (TPSA) is 63.6 Å². The Bertz CT molecular complexity index is 695. The van der Waals surface area contributed by atoms with Crippen molar-refractivity contribution >= 4 is 11.8 Å². The normalized spacial score (nSPS) is 34.2. The van der Waals surface area contributed by atoms with Gasteiger partial charge in [0, 0.05) is 11.8 Å². The molecule has 1 N–H and O–H groups in total. The van der Waals surface area contributed by atoms with Crippen LogP contribution < -0.4 is 4.74 Å². The summed E-state index contributed by atoms with van der Waals surface area (Å²) in [5, 5.41) is 8.75. The molecule has 0 radical (unpaired) electrons. The minimum absolute atomic E-state index is 0.0801. The summed E-state index contributed by atoms with van der Waals surface area (Å²) in [6.45, 7) is 1.90. The van der Waals surface area contributed by atoms with Gasteiger partial charge in [-0.2, -0.15) is 0 Å². The number of hydrogen-bond acceptors (Lipinski definition) is 3. The van der Waals surface area contributed by atoms with E-state index in [1.807, 2.05) is 12.1 Å². The number of carboxylic acid groups (broad SMARTS) is 1. The lowest BCUT2D eigenvalue weighted by molar-refractivity contribution is -0.139. The fraction of sp³-hybridized carbons (Fsp3) is 0.600. The molecule has 3 aliphatic rings. The Kier molecular flexibility index (Phi) is 3.66. The molecule has 4 atom stereocenters. The van der Waals surface area contributed by atoms with E-state index in [1.54, 1.807) is 0 Å². The van der Waals surface area contributed by atoms with Gasteiger partial charge in [0.15, 0.2) is 6.61 Å². The molecule has 24 heavy (non-hydrogen) atoms. The first-order valence-electron chi connectivity index (χ1n) is 9.00. The number of aliphatic carboxylic acids is 1. The van der Waals surface area contributed by atoms with E-state index >= 15 is 0 Å². The second-order valence-electron chi connectivity index (χ2n) is 7.88. The number of fused-ring (bicyclic) bond motifs is 5. The smallest absolute Gasteiger partial charge is 0.341 e. The van der Waals surface area contributed by atoms with Crippen molar-refractivity contribution in [3.05, 3.63) is 29.3 Å². The summed E-state index contributed by atoms with van der Waals surface area (Å²) in [6, 6.07) is 6.04. The minimum Gasteiger partial charge on any atom is -0.482 e. The van der Waals surface area contributed by atoms with Gasteiger partial charge in [-0.15, -0.1) is 0 Å². The van der Waals surface area contributed by atoms with Gasteiger partial charge >= 0.3 is 5.97 Å². The highest BCUT2D eigenvalue weighted by Crippen LogP contribution is 2.59. The molecule has 0 aromatic heterocycles. The van der Waals surface area contributed by atoms with E-state index in [9.17, 15) is 9.59 Å². The number of carbonyl (C=O) groups excluding carboxylic acids is 1. The van der Waals surface area contributed by atoms with Crippen molar-refractivity contribution in [3.63, 3.8) is 0 Å². The Hall–Kier alpha value is -1.84. The fourth-order valence-electron chi connectivity index (χ4n) is 5.56. The molecule has 4 heteroatoms. The van der Waals surface area contributed by atoms with E-state index in [4.69, 9.17) is 9.84 Å². The molecule has 0 saturated heterocycles. The molecule has 1 aromatic carbocycles. The monoisotopic (exact) mass is 328 g/mol. The molecule has 0 bridgehead atoms. The number of aryl methyl sites for hydroxylation is 1. The Morgan fingerprint density at radius 3 is 2.92 bits per heavy atom. The van der Waals surface area contributed by atoms with Crippen molar-refractivity contribution in [1.29, 1.82) is 0 Å². The standard InChI is InChI=1S/C20H24O4/c1-20-9-8-15-14-5-3-13(24-11-19(22)23)10-12(14)2-4-16(15)17(20)6-7-18(20)21/h3,5,10,15-17H,2,4,6-9,11H2,1H3,(H,22,23)/t15-,16?,17+,20+/m1/s1. The van der Waals surface area contributed by atoms with Crippen LogP contribution in [-0.2, 0) is 16.0 Å². The molecule has 0 amide bonds. The number of hydrogen-bond donors (Lipinski definition) is 1. The predicted octanol–water partition coefficient (Wildman–Crippen LogP) is 3.58. The third-order valence-electron chi connectivity index (χ3n) is 6.77. The molecule has 4 nitrogen and oxygen atoms in total. The van der Waals surface area contributed by atoms with Crippen molar-refractivity contribution in [2.75, 3.05) is 6.61 Å². The molecule has 1 aromatic rings. The molecule has 2 saturated carbocycles. The van der Waals surface area contributed by atoms with E-state index in [2.05, 4.69) is 13.0 Å². The van der Waals surface area contributed by atoms with Gasteiger partial charge in [0.05, 0.1) is 0 Å².